The summed E-state index contributed by atoms with van der Waals surface area (Å²) in [5, 5.41) is 15.7. The van der Waals surface area contributed by atoms with Gasteiger partial charge in [0.15, 0.2) is 0 Å². The van der Waals surface area contributed by atoms with Crippen molar-refractivity contribution in [1.82, 2.24) is 10.2 Å². The topological polar surface area (TPSA) is 64.6 Å². The van der Waals surface area contributed by atoms with Crippen LogP contribution in [0.3, 0.4) is 0 Å². The van der Waals surface area contributed by atoms with Crippen molar-refractivity contribution in [2.24, 2.45) is 5.92 Å². The Bertz CT molecular complexity index is 505. The molecule has 0 aromatic heterocycles. The third kappa shape index (κ3) is 5.52. The van der Waals surface area contributed by atoms with E-state index in [9.17, 15) is 9.90 Å². The van der Waals surface area contributed by atoms with E-state index < -0.39 is 6.10 Å². The van der Waals surface area contributed by atoms with Crippen molar-refractivity contribution in [3.05, 3.63) is 29.3 Å². The molecule has 1 heterocycles. The van der Waals surface area contributed by atoms with Gasteiger partial charge >= 0.3 is 6.03 Å². The number of likely N-dealkylation sites (tertiary alicyclic amines) is 1. The third-order valence-electron chi connectivity index (χ3n) is 4.56. The highest BCUT2D eigenvalue weighted by Gasteiger charge is 2.18. The van der Waals surface area contributed by atoms with Crippen LogP contribution in [0.15, 0.2) is 18.2 Å². The number of amides is 2. The number of aliphatic hydroxyl groups excluding tert-OH is 1. The smallest absolute Gasteiger partial charge is 0.319 e. The van der Waals surface area contributed by atoms with Crippen LogP contribution in [0.5, 0.6) is 0 Å². The number of hydrogen-bond donors (Lipinski definition) is 3. The van der Waals surface area contributed by atoms with Crippen LogP contribution in [-0.2, 0) is 0 Å². The Morgan fingerprint density at radius 3 is 2.52 bits per heavy atom. The van der Waals surface area contributed by atoms with Crippen LogP contribution >= 0.6 is 0 Å². The molecule has 0 saturated carbocycles. The fourth-order valence-corrected chi connectivity index (χ4v) is 2.99. The van der Waals surface area contributed by atoms with Gasteiger partial charge in [-0.05, 0) is 56.8 Å². The second-order valence-electron chi connectivity index (χ2n) is 6.74. The van der Waals surface area contributed by atoms with E-state index in [0.717, 1.165) is 35.8 Å². The van der Waals surface area contributed by atoms with Gasteiger partial charge in [0.25, 0.3) is 0 Å². The van der Waals surface area contributed by atoms with Gasteiger partial charge in [-0.25, -0.2) is 4.79 Å². The van der Waals surface area contributed by atoms with Crippen LogP contribution in [-0.4, -0.2) is 48.3 Å². The Kier molecular flexibility index (Phi) is 6.42. The number of benzene rings is 1. The van der Waals surface area contributed by atoms with E-state index in [0.29, 0.717) is 6.54 Å². The number of anilines is 1. The molecule has 1 saturated heterocycles. The number of urea groups is 1. The van der Waals surface area contributed by atoms with Gasteiger partial charge in [-0.3, -0.25) is 0 Å². The SMILES string of the molecule is Cc1cccc(C)c1NC(=O)NCC(O)CN1CCC(C)CC1. The molecular weight excluding hydrogens is 290 g/mol. The van der Waals surface area contributed by atoms with Crippen LogP contribution < -0.4 is 10.6 Å². The van der Waals surface area contributed by atoms with Gasteiger partial charge in [0.1, 0.15) is 0 Å². The number of nitrogens with one attached hydrogen (secondary N) is 2. The number of aliphatic hydroxyl groups is 1. The molecule has 2 amide bonds. The standard InChI is InChI=1S/C18H29N3O2/c1-13-7-9-21(10-8-13)12-16(22)11-19-18(23)20-17-14(2)5-4-6-15(17)3/h4-6,13,16,22H,7-12H2,1-3H3,(H2,19,20,23). The zero-order chi connectivity index (χ0) is 16.8. The van der Waals surface area contributed by atoms with Crippen molar-refractivity contribution in [2.75, 3.05) is 31.5 Å². The Morgan fingerprint density at radius 2 is 1.91 bits per heavy atom. The summed E-state index contributed by atoms with van der Waals surface area (Å²) in [7, 11) is 0. The van der Waals surface area contributed by atoms with Crippen molar-refractivity contribution in [3.8, 4) is 0 Å². The van der Waals surface area contributed by atoms with Gasteiger partial charge in [-0.1, -0.05) is 25.1 Å². The van der Waals surface area contributed by atoms with E-state index in [-0.39, 0.29) is 12.6 Å². The summed E-state index contributed by atoms with van der Waals surface area (Å²) in [5.41, 5.74) is 2.90. The maximum Gasteiger partial charge on any atom is 0.319 e. The summed E-state index contributed by atoms with van der Waals surface area (Å²) in [4.78, 5) is 14.3. The molecule has 1 aliphatic heterocycles. The highest BCUT2D eigenvalue weighted by Crippen LogP contribution is 2.19. The van der Waals surface area contributed by atoms with Crippen molar-refractivity contribution in [1.29, 1.82) is 0 Å². The summed E-state index contributed by atoms with van der Waals surface area (Å²) in [6, 6.07) is 5.63. The minimum Gasteiger partial charge on any atom is -0.390 e. The monoisotopic (exact) mass is 319 g/mol. The zero-order valence-corrected chi connectivity index (χ0v) is 14.4. The number of aryl methyl sites for hydroxylation is 2. The molecule has 1 aromatic rings. The first kappa shape index (κ1) is 17.8. The molecule has 23 heavy (non-hydrogen) atoms. The van der Waals surface area contributed by atoms with Crippen LogP contribution in [0.2, 0.25) is 0 Å². The summed E-state index contributed by atoms with van der Waals surface area (Å²) in [5.74, 6) is 0.782. The molecule has 0 aliphatic carbocycles. The summed E-state index contributed by atoms with van der Waals surface area (Å²) in [6.07, 6.45) is 1.84. The van der Waals surface area contributed by atoms with Gasteiger partial charge in [-0.15, -0.1) is 0 Å². The van der Waals surface area contributed by atoms with E-state index in [4.69, 9.17) is 0 Å². The van der Waals surface area contributed by atoms with Crippen molar-refractivity contribution >= 4 is 11.7 Å². The lowest BCUT2D eigenvalue weighted by molar-refractivity contribution is 0.0924. The van der Waals surface area contributed by atoms with Crippen molar-refractivity contribution in [3.63, 3.8) is 0 Å². The van der Waals surface area contributed by atoms with Gasteiger partial charge in [-0.2, -0.15) is 0 Å². The number of para-hydroxylation sites is 1. The minimum absolute atomic E-state index is 0.267. The molecule has 5 nitrogen and oxygen atoms in total. The first-order chi connectivity index (χ1) is 11.0. The molecule has 5 heteroatoms. The molecule has 3 N–H and O–H groups in total. The first-order valence-electron chi connectivity index (χ1n) is 8.47. The quantitative estimate of drug-likeness (QED) is 0.781. The van der Waals surface area contributed by atoms with Crippen molar-refractivity contribution in [2.45, 2.75) is 39.7 Å². The molecule has 0 spiro atoms. The highest BCUT2D eigenvalue weighted by atomic mass is 16.3. The van der Waals surface area contributed by atoms with E-state index in [1.54, 1.807) is 0 Å². The fraction of sp³-hybridized carbons (Fsp3) is 0.611. The minimum atomic E-state index is -0.535. The van der Waals surface area contributed by atoms with Crippen LogP contribution in [0.4, 0.5) is 10.5 Å². The Morgan fingerprint density at radius 1 is 1.30 bits per heavy atom. The lowest BCUT2D eigenvalue weighted by atomic mass is 9.99. The molecule has 128 valence electrons. The molecule has 0 bridgehead atoms. The van der Waals surface area contributed by atoms with E-state index in [1.807, 2.05) is 32.0 Å². The average molecular weight is 319 g/mol. The zero-order valence-electron chi connectivity index (χ0n) is 14.4. The number of rotatable bonds is 5. The molecule has 0 radical (unpaired) electrons. The van der Waals surface area contributed by atoms with Crippen LogP contribution in [0.1, 0.15) is 30.9 Å². The molecule has 1 aromatic carbocycles. The van der Waals surface area contributed by atoms with Crippen LogP contribution in [0, 0.1) is 19.8 Å². The van der Waals surface area contributed by atoms with Gasteiger partial charge < -0.3 is 20.6 Å². The number of nitrogens with zero attached hydrogens (tertiary/aromatic N) is 1. The number of hydrogen-bond acceptors (Lipinski definition) is 3. The Hall–Kier alpha value is -1.59. The van der Waals surface area contributed by atoms with E-state index in [1.165, 1.54) is 12.8 Å². The number of carbonyl (C=O) groups is 1. The second-order valence-corrected chi connectivity index (χ2v) is 6.74. The maximum atomic E-state index is 12.0. The lowest BCUT2D eigenvalue weighted by Gasteiger charge is -2.31. The van der Waals surface area contributed by atoms with E-state index in [2.05, 4.69) is 22.5 Å². The fourth-order valence-electron chi connectivity index (χ4n) is 2.99. The molecule has 1 atom stereocenters. The molecule has 2 rings (SSSR count). The maximum absolute atomic E-state index is 12.0. The Balaban J connectivity index is 1.73. The predicted molar refractivity (Wildman–Crippen MR) is 93.8 cm³/mol. The van der Waals surface area contributed by atoms with Gasteiger partial charge in [0.2, 0.25) is 0 Å². The highest BCUT2D eigenvalue weighted by molar-refractivity contribution is 5.90. The molecule has 1 unspecified atom stereocenters. The third-order valence-corrected chi connectivity index (χ3v) is 4.56. The summed E-state index contributed by atoms with van der Waals surface area (Å²) in [6.45, 7) is 9.16. The first-order valence-corrected chi connectivity index (χ1v) is 8.47. The van der Waals surface area contributed by atoms with Gasteiger partial charge in [0, 0.05) is 18.8 Å². The number of piperidine rings is 1. The van der Waals surface area contributed by atoms with Crippen molar-refractivity contribution < 1.29 is 9.90 Å². The largest absolute Gasteiger partial charge is 0.390 e. The summed E-state index contributed by atoms with van der Waals surface area (Å²) >= 11 is 0. The van der Waals surface area contributed by atoms with E-state index >= 15 is 0 Å². The summed E-state index contributed by atoms with van der Waals surface area (Å²) < 4.78 is 0. The lowest BCUT2D eigenvalue weighted by Crippen LogP contribution is -2.43. The number of carbonyl (C=O) groups excluding carboxylic acids is 1. The Labute approximate surface area is 139 Å². The average Bonchev–Trinajstić information content (AvgIpc) is 2.51. The van der Waals surface area contributed by atoms with Gasteiger partial charge in [0.05, 0.1) is 6.10 Å². The molecule has 1 aliphatic rings. The van der Waals surface area contributed by atoms with Crippen LogP contribution in [0.25, 0.3) is 0 Å². The second kappa shape index (κ2) is 8.31. The molecular formula is C18H29N3O2. The predicted octanol–water partition coefficient (Wildman–Crippen LogP) is 2.52. The molecule has 1 fully saturated rings. The number of β-amino-alcohol motifs (C(OH)–C–C–N with tert-alkyl or cyclic N) is 1. The normalized spacial score (nSPS) is 17.7.